The van der Waals surface area contributed by atoms with Crippen LogP contribution >= 0.6 is 0 Å². The van der Waals surface area contributed by atoms with E-state index in [1.807, 2.05) is 13.8 Å². The van der Waals surface area contributed by atoms with E-state index in [2.05, 4.69) is 0 Å². The maximum absolute atomic E-state index is 12.6. The van der Waals surface area contributed by atoms with Crippen molar-refractivity contribution in [3.8, 4) is 0 Å². The summed E-state index contributed by atoms with van der Waals surface area (Å²) < 4.78 is 30.1. The Balaban J connectivity index is 3.65. The molecule has 1 N–H and O–H groups in total. The second kappa shape index (κ2) is 7.04. The first kappa shape index (κ1) is 17.7. The summed E-state index contributed by atoms with van der Waals surface area (Å²) in [4.78, 5) is 11.5. The Kier molecular flexibility index (Phi) is 5.92. The Morgan fingerprint density at radius 3 is 2.38 bits per heavy atom. The van der Waals surface area contributed by atoms with Gasteiger partial charge in [0.15, 0.2) is 9.84 Å². The molecule has 0 fully saturated rings. The summed E-state index contributed by atoms with van der Waals surface area (Å²) in [7, 11) is -2.15. The molecule has 0 atom stereocenters. The van der Waals surface area contributed by atoms with Gasteiger partial charge >= 0.3 is 5.97 Å². The minimum absolute atomic E-state index is 0.00883. The van der Waals surface area contributed by atoms with E-state index in [1.165, 1.54) is 13.2 Å². The zero-order valence-electron chi connectivity index (χ0n) is 12.8. The van der Waals surface area contributed by atoms with Crippen LogP contribution in [0.5, 0.6) is 0 Å². The van der Waals surface area contributed by atoms with Crippen LogP contribution < -0.4 is 0 Å². The molecule has 0 heterocycles. The summed E-state index contributed by atoms with van der Waals surface area (Å²) >= 11 is 0. The number of hydrogen-bond acceptors (Lipinski definition) is 4. The molecule has 0 saturated carbocycles. The number of aromatic carboxylic acids is 1. The first-order valence-corrected chi connectivity index (χ1v) is 8.52. The molecule has 118 valence electrons. The van der Waals surface area contributed by atoms with Crippen LogP contribution in [0.3, 0.4) is 0 Å². The van der Waals surface area contributed by atoms with E-state index in [9.17, 15) is 18.3 Å². The maximum atomic E-state index is 12.6. The molecule has 21 heavy (non-hydrogen) atoms. The van der Waals surface area contributed by atoms with Gasteiger partial charge in [0, 0.05) is 7.11 Å². The monoisotopic (exact) mass is 314 g/mol. The molecule has 0 aliphatic heterocycles. The number of sulfone groups is 1. The fraction of sp³-hybridized carbons (Fsp3) is 0.533. The number of rotatable bonds is 7. The molecule has 6 heteroatoms. The van der Waals surface area contributed by atoms with Crippen LogP contribution in [0.15, 0.2) is 17.0 Å². The van der Waals surface area contributed by atoms with Gasteiger partial charge in [-0.25, -0.2) is 13.2 Å². The SMILES string of the molecule is CCc1c(C(=O)O)ccc(C(C)C)c1S(=O)(=O)CCOC. The van der Waals surface area contributed by atoms with Gasteiger partial charge in [-0.3, -0.25) is 0 Å². The number of methoxy groups -OCH3 is 1. The number of carboxylic acids is 1. The molecule has 0 aliphatic carbocycles. The number of ether oxygens (including phenoxy) is 1. The van der Waals surface area contributed by atoms with Crippen LogP contribution in [0.1, 0.15) is 48.2 Å². The van der Waals surface area contributed by atoms with Crippen LogP contribution in [-0.4, -0.2) is 39.0 Å². The second-order valence-corrected chi connectivity index (χ2v) is 7.18. The predicted octanol–water partition coefficient (Wildman–Crippen LogP) is 2.49. The Labute approximate surface area is 125 Å². The Bertz CT molecular complexity index is 617. The molecule has 0 spiro atoms. The maximum Gasteiger partial charge on any atom is 0.336 e. The van der Waals surface area contributed by atoms with Gasteiger partial charge in [-0.2, -0.15) is 0 Å². The zero-order valence-corrected chi connectivity index (χ0v) is 13.7. The van der Waals surface area contributed by atoms with Gasteiger partial charge in [0.2, 0.25) is 0 Å². The predicted molar refractivity (Wildman–Crippen MR) is 80.8 cm³/mol. The highest BCUT2D eigenvalue weighted by atomic mass is 32.2. The molecule has 0 aromatic heterocycles. The lowest BCUT2D eigenvalue weighted by Gasteiger charge is -2.18. The van der Waals surface area contributed by atoms with E-state index >= 15 is 0 Å². The summed E-state index contributed by atoms with van der Waals surface area (Å²) in [5, 5.41) is 9.27. The van der Waals surface area contributed by atoms with E-state index in [0.29, 0.717) is 17.5 Å². The average molecular weight is 314 g/mol. The van der Waals surface area contributed by atoms with Gasteiger partial charge < -0.3 is 9.84 Å². The third kappa shape index (κ3) is 3.83. The lowest BCUT2D eigenvalue weighted by Crippen LogP contribution is -2.18. The van der Waals surface area contributed by atoms with Crippen molar-refractivity contribution in [1.82, 2.24) is 0 Å². The van der Waals surface area contributed by atoms with Gasteiger partial charge in [0.1, 0.15) is 0 Å². The third-order valence-corrected chi connectivity index (χ3v) is 5.17. The van der Waals surface area contributed by atoms with Gasteiger partial charge in [-0.15, -0.1) is 0 Å². The van der Waals surface area contributed by atoms with Crippen molar-refractivity contribution in [3.63, 3.8) is 0 Å². The van der Waals surface area contributed by atoms with Gasteiger partial charge in [0.25, 0.3) is 0 Å². The van der Waals surface area contributed by atoms with E-state index in [-0.39, 0.29) is 28.7 Å². The van der Waals surface area contributed by atoms with Crippen molar-refractivity contribution < 1.29 is 23.1 Å². The Hall–Kier alpha value is -1.40. The van der Waals surface area contributed by atoms with E-state index in [4.69, 9.17) is 4.74 Å². The average Bonchev–Trinajstić information content (AvgIpc) is 2.43. The standard InChI is InChI=1S/C15H22O5S/c1-5-11-13(15(16)17)7-6-12(10(2)3)14(11)21(18,19)9-8-20-4/h6-7,10H,5,8-9H2,1-4H3,(H,16,17). The molecule has 1 aromatic carbocycles. The first-order chi connectivity index (χ1) is 9.76. The molecule has 5 nitrogen and oxygen atoms in total. The van der Waals surface area contributed by atoms with Crippen molar-refractivity contribution in [3.05, 3.63) is 28.8 Å². The van der Waals surface area contributed by atoms with Gasteiger partial charge in [-0.05, 0) is 29.5 Å². The van der Waals surface area contributed by atoms with Crippen molar-refractivity contribution in [2.45, 2.75) is 38.0 Å². The summed E-state index contributed by atoms with van der Waals surface area (Å²) in [6, 6.07) is 3.10. The summed E-state index contributed by atoms with van der Waals surface area (Å²) in [5.41, 5.74) is 1.09. The molecule has 1 rings (SSSR count). The fourth-order valence-corrected chi connectivity index (χ4v) is 4.20. The van der Waals surface area contributed by atoms with Crippen molar-refractivity contribution in [2.75, 3.05) is 19.5 Å². The molecular formula is C15H22O5S. The molecule has 0 bridgehead atoms. The smallest absolute Gasteiger partial charge is 0.336 e. The van der Waals surface area contributed by atoms with Crippen molar-refractivity contribution in [2.24, 2.45) is 0 Å². The zero-order chi connectivity index (χ0) is 16.2. The van der Waals surface area contributed by atoms with E-state index in [1.54, 1.807) is 13.0 Å². The van der Waals surface area contributed by atoms with Crippen molar-refractivity contribution >= 4 is 15.8 Å². The minimum Gasteiger partial charge on any atom is -0.478 e. The van der Waals surface area contributed by atoms with Gasteiger partial charge in [-0.1, -0.05) is 26.8 Å². The highest BCUT2D eigenvalue weighted by molar-refractivity contribution is 7.91. The number of carboxylic acid groups (broad SMARTS) is 1. The fourth-order valence-electron chi connectivity index (χ4n) is 2.31. The van der Waals surface area contributed by atoms with Crippen LogP contribution in [0.4, 0.5) is 0 Å². The molecular weight excluding hydrogens is 292 g/mol. The molecule has 0 amide bonds. The highest BCUT2D eigenvalue weighted by Crippen LogP contribution is 2.31. The molecule has 0 radical (unpaired) electrons. The lowest BCUT2D eigenvalue weighted by atomic mass is 9.96. The second-order valence-electron chi connectivity index (χ2n) is 5.14. The van der Waals surface area contributed by atoms with Crippen LogP contribution in [0.2, 0.25) is 0 Å². The van der Waals surface area contributed by atoms with Crippen LogP contribution in [0, 0.1) is 0 Å². The first-order valence-electron chi connectivity index (χ1n) is 6.87. The van der Waals surface area contributed by atoms with Gasteiger partial charge in [0.05, 0.1) is 22.8 Å². The molecule has 0 unspecified atom stereocenters. The number of hydrogen-bond donors (Lipinski definition) is 1. The normalized spacial score (nSPS) is 11.9. The van der Waals surface area contributed by atoms with E-state index in [0.717, 1.165) is 0 Å². The topological polar surface area (TPSA) is 80.7 Å². The van der Waals surface area contributed by atoms with Crippen LogP contribution in [0.25, 0.3) is 0 Å². The quantitative estimate of drug-likeness (QED) is 0.836. The lowest BCUT2D eigenvalue weighted by molar-refractivity contribution is 0.0695. The highest BCUT2D eigenvalue weighted by Gasteiger charge is 2.27. The molecule has 0 aliphatic rings. The van der Waals surface area contributed by atoms with Crippen molar-refractivity contribution in [1.29, 1.82) is 0 Å². The van der Waals surface area contributed by atoms with E-state index < -0.39 is 15.8 Å². The summed E-state index contributed by atoms with van der Waals surface area (Å²) in [5.74, 6) is -1.27. The molecule has 0 saturated heterocycles. The van der Waals surface area contributed by atoms with Crippen LogP contribution in [-0.2, 0) is 21.0 Å². The third-order valence-electron chi connectivity index (χ3n) is 3.36. The molecule has 1 aromatic rings. The summed E-state index contributed by atoms with van der Waals surface area (Å²) in [6.45, 7) is 5.64. The minimum atomic E-state index is -3.59. The Morgan fingerprint density at radius 1 is 1.33 bits per heavy atom. The largest absolute Gasteiger partial charge is 0.478 e. The number of benzene rings is 1. The summed E-state index contributed by atoms with van der Waals surface area (Å²) in [6.07, 6.45) is 0.351. The number of carbonyl (C=O) groups is 1. The Morgan fingerprint density at radius 2 is 1.95 bits per heavy atom.